The Hall–Kier alpha value is -5.68. The summed E-state index contributed by atoms with van der Waals surface area (Å²) in [5.41, 5.74) is 7.45. The van der Waals surface area contributed by atoms with Crippen LogP contribution in [-0.2, 0) is 16.1 Å². The van der Waals surface area contributed by atoms with E-state index in [1.807, 2.05) is 42.5 Å². The normalized spacial score (nSPS) is 10.4. The van der Waals surface area contributed by atoms with Crippen LogP contribution in [0.4, 0.5) is 11.4 Å². The van der Waals surface area contributed by atoms with Crippen LogP contribution in [-0.4, -0.2) is 11.9 Å². The van der Waals surface area contributed by atoms with E-state index in [9.17, 15) is 9.59 Å². The number of anilines is 2. The monoisotopic (exact) mass is 551 g/mol. The first-order chi connectivity index (χ1) is 20.5. The number of ether oxygens (including phenoxy) is 2. The van der Waals surface area contributed by atoms with Crippen molar-refractivity contribution >= 4 is 23.3 Å². The van der Waals surface area contributed by atoms with Crippen LogP contribution >= 0.6 is 0 Å². The Morgan fingerprint density at radius 3 is 1.24 bits per heavy atom. The summed E-state index contributed by atoms with van der Waals surface area (Å²) in [5.74, 6) is -0.0131. The van der Waals surface area contributed by atoms with Gasteiger partial charge >= 0.3 is 11.9 Å². The van der Waals surface area contributed by atoms with Crippen LogP contribution in [0, 0.1) is 0 Å². The maximum atomic E-state index is 11.5. The van der Waals surface area contributed by atoms with Crippen molar-refractivity contribution in [2.75, 3.05) is 4.90 Å². The molecule has 5 rings (SSSR count). The Kier molecular flexibility index (Phi) is 8.70. The summed E-state index contributed by atoms with van der Waals surface area (Å²) >= 11 is 0. The lowest BCUT2D eigenvalue weighted by atomic mass is 10.0. The third-order valence-corrected chi connectivity index (χ3v) is 6.69. The average molecular weight is 552 g/mol. The molecule has 0 bridgehead atoms. The van der Waals surface area contributed by atoms with Crippen LogP contribution < -0.4 is 14.4 Å². The van der Waals surface area contributed by atoms with Crippen molar-refractivity contribution in [1.82, 2.24) is 0 Å². The minimum Gasteiger partial charge on any atom is -0.423 e. The number of nitrogens with zero attached hydrogens (tertiary/aromatic N) is 1. The lowest BCUT2D eigenvalue weighted by Gasteiger charge is -2.26. The van der Waals surface area contributed by atoms with Gasteiger partial charge in [0.05, 0.1) is 0 Å². The second-order valence-corrected chi connectivity index (χ2v) is 9.46. The van der Waals surface area contributed by atoms with Gasteiger partial charge in [0.1, 0.15) is 11.5 Å². The fraction of sp³-hybridized carbons (Fsp3) is 0.0270. The van der Waals surface area contributed by atoms with Gasteiger partial charge in [-0.1, -0.05) is 92.0 Å². The zero-order valence-electron chi connectivity index (χ0n) is 23.0. The van der Waals surface area contributed by atoms with E-state index < -0.39 is 11.9 Å². The van der Waals surface area contributed by atoms with Gasteiger partial charge in [0.25, 0.3) is 0 Å². The molecule has 42 heavy (non-hydrogen) atoms. The first-order valence-electron chi connectivity index (χ1n) is 13.4. The van der Waals surface area contributed by atoms with Gasteiger partial charge in [0.2, 0.25) is 0 Å². The van der Waals surface area contributed by atoms with Gasteiger partial charge in [-0.15, -0.1) is 0 Å². The molecule has 5 heteroatoms. The molecular formula is C37H29NO4. The predicted octanol–water partition coefficient (Wildman–Crippen LogP) is 8.54. The van der Waals surface area contributed by atoms with Crippen molar-refractivity contribution < 1.29 is 19.1 Å². The molecule has 0 fully saturated rings. The van der Waals surface area contributed by atoms with Gasteiger partial charge in [-0.05, 0) is 76.3 Å². The summed E-state index contributed by atoms with van der Waals surface area (Å²) in [5, 5.41) is 0. The molecule has 0 unspecified atom stereocenters. The highest BCUT2D eigenvalue weighted by Gasteiger charge is 2.12. The van der Waals surface area contributed by atoms with Gasteiger partial charge in [0, 0.05) is 30.1 Å². The maximum absolute atomic E-state index is 11.5. The minimum atomic E-state index is -0.483. The average Bonchev–Trinajstić information content (AvgIpc) is 3.05. The van der Waals surface area contributed by atoms with E-state index in [0.717, 1.165) is 45.8 Å². The molecule has 0 aliphatic carbocycles. The lowest BCUT2D eigenvalue weighted by molar-refractivity contribution is -0.129. The van der Waals surface area contributed by atoms with E-state index >= 15 is 0 Å². The predicted molar refractivity (Wildman–Crippen MR) is 168 cm³/mol. The molecule has 5 nitrogen and oxygen atoms in total. The molecule has 0 aromatic heterocycles. The van der Waals surface area contributed by atoms with Crippen molar-refractivity contribution in [3.8, 4) is 33.8 Å². The van der Waals surface area contributed by atoms with Gasteiger partial charge in [0.15, 0.2) is 0 Å². The highest BCUT2D eigenvalue weighted by atomic mass is 16.5. The van der Waals surface area contributed by atoms with Gasteiger partial charge < -0.3 is 14.4 Å². The number of benzene rings is 5. The molecule has 206 valence electrons. The van der Waals surface area contributed by atoms with Crippen LogP contribution in [0.3, 0.4) is 0 Å². The maximum Gasteiger partial charge on any atom is 0.335 e. The largest absolute Gasteiger partial charge is 0.423 e. The molecule has 5 aromatic carbocycles. The number of esters is 2. The first-order valence-corrected chi connectivity index (χ1v) is 13.4. The highest BCUT2D eigenvalue weighted by molar-refractivity contribution is 5.84. The number of hydrogen-bond donors (Lipinski definition) is 0. The molecule has 5 aromatic rings. The van der Waals surface area contributed by atoms with E-state index in [1.54, 1.807) is 24.3 Å². The Balaban J connectivity index is 1.38. The van der Waals surface area contributed by atoms with Crippen molar-refractivity contribution in [3.05, 3.63) is 158 Å². The summed E-state index contributed by atoms with van der Waals surface area (Å²) < 4.78 is 10.4. The molecule has 0 heterocycles. The fourth-order valence-electron chi connectivity index (χ4n) is 4.51. The van der Waals surface area contributed by atoms with E-state index in [2.05, 4.69) is 78.7 Å². The molecule has 0 aliphatic heterocycles. The smallest absolute Gasteiger partial charge is 0.335 e. The van der Waals surface area contributed by atoms with Crippen LogP contribution in [0.25, 0.3) is 22.3 Å². The molecule has 0 N–H and O–H groups in total. The quantitative estimate of drug-likeness (QED) is 0.0989. The third kappa shape index (κ3) is 6.90. The molecule has 0 saturated carbocycles. The Bertz CT molecular complexity index is 1560. The summed E-state index contributed by atoms with van der Waals surface area (Å²) in [7, 11) is 0. The van der Waals surface area contributed by atoms with Crippen molar-refractivity contribution in [2.24, 2.45) is 0 Å². The standard InChI is InChI=1S/C37H29NO4/c1-3-36(39)41-34-22-14-30(15-23-34)28-10-18-32(19-11-28)38(26-27-8-6-5-7-9-27)33-20-12-29(13-21-33)31-16-24-35(25-17-31)42-37(40)4-2/h3-25H,1-2,26H2. The van der Waals surface area contributed by atoms with Crippen LogP contribution in [0.15, 0.2) is 153 Å². The zero-order chi connectivity index (χ0) is 29.3. The Morgan fingerprint density at radius 1 is 0.524 bits per heavy atom. The van der Waals surface area contributed by atoms with E-state index in [4.69, 9.17) is 9.47 Å². The van der Waals surface area contributed by atoms with Crippen LogP contribution in [0.5, 0.6) is 11.5 Å². The second-order valence-electron chi connectivity index (χ2n) is 9.46. The van der Waals surface area contributed by atoms with Gasteiger partial charge in [-0.3, -0.25) is 0 Å². The number of rotatable bonds is 10. The topological polar surface area (TPSA) is 55.8 Å². The molecule has 0 radical (unpaired) electrons. The van der Waals surface area contributed by atoms with Crippen molar-refractivity contribution in [2.45, 2.75) is 6.54 Å². The molecule has 0 atom stereocenters. The molecule has 0 aliphatic rings. The first kappa shape index (κ1) is 27.9. The number of hydrogen-bond acceptors (Lipinski definition) is 5. The summed E-state index contributed by atoms with van der Waals surface area (Å²) in [6, 6.07) is 42.0. The minimum absolute atomic E-state index is 0.477. The lowest BCUT2D eigenvalue weighted by Crippen LogP contribution is -2.16. The molecular weight excluding hydrogens is 522 g/mol. The van der Waals surface area contributed by atoms with Gasteiger partial charge in [-0.2, -0.15) is 0 Å². The summed E-state index contributed by atoms with van der Waals surface area (Å²) in [6.45, 7) is 7.56. The van der Waals surface area contributed by atoms with Crippen LogP contribution in [0.2, 0.25) is 0 Å². The van der Waals surface area contributed by atoms with E-state index in [1.165, 1.54) is 5.56 Å². The van der Waals surface area contributed by atoms with E-state index in [0.29, 0.717) is 18.0 Å². The highest BCUT2D eigenvalue weighted by Crippen LogP contribution is 2.32. The molecule has 0 spiro atoms. The van der Waals surface area contributed by atoms with Crippen molar-refractivity contribution in [3.63, 3.8) is 0 Å². The Labute approximate surface area is 245 Å². The number of carbonyl (C=O) groups is 2. The van der Waals surface area contributed by atoms with E-state index in [-0.39, 0.29) is 0 Å². The fourth-order valence-corrected chi connectivity index (χ4v) is 4.51. The molecule has 0 amide bonds. The third-order valence-electron chi connectivity index (χ3n) is 6.69. The summed E-state index contributed by atoms with van der Waals surface area (Å²) in [6.07, 6.45) is 2.29. The summed E-state index contributed by atoms with van der Waals surface area (Å²) in [4.78, 5) is 25.2. The zero-order valence-corrected chi connectivity index (χ0v) is 23.0. The van der Waals surface area contributed by atoms with Crippen LogP contribution in [0.1, 0.15) is 5.56 Å². The Morgan fingerprint density at radius 2 is 0.881 bits per heavy atom. The SMILES string of the molecule is C=CC(=O)Oc1ccc(-c2ccc(N(Cc3ccccc3)c3ccc(-c4ccc(OC(=O)C=C)cc4)cc3)cc2)cc1. The van der Waals surface area contributed by atoms with Crippen molar-refractivity contribution in [1.29, 1.82) is 0 Å². The van der Waals surface area contributed by atoms with Gasteiger partial charge in [-0.25, -0.2) is 9.59 Å². The number of carbonyl (C=O) groups excluding carboxylic acids is 2. The second kappa shape index (κ2) is 13.1. The molecule has 0 saturated heterocycles.